The van der Waals surface area contributed by atoms with E-state index in [4.69, 9.17) is 4.11 Å². The van der Waals surface area contributed by atoms with Crippen molar-refractivity contribution in [3.8, 4) is 11.4 Å². The molecule has 5 heteroatoms. The largest absolute Gasteiger partial charge is 0.274 e. The van der Waals surface area contributed by atoms with Gasteiger partial charge in [-0.2, -0.15) is 0 Å². The minimum absolute atomic E-state index is 0.637. The van der Waals surface area contributed by atoms with Gasteiger partial charge in [-0.1, -0.05) is 0 Å². The molecule has 20 heavy (non-hydrogen) atoms. The third-order valence-electron chi connectivity index (χ3n) is 3.95. The molecule has 0 bridgehead atoms. The van der Waals surface area contributed by atoms with Crippen molar-refractivity contribution in [2.24, 2.45) is 6.98 Å². The molecule has 1 aliphatic rings. The van der Waals surface area contributed by atoms with E-state index in [1.165, 1.54) is 4.57 Å². The number of fused-ring (bicyclic) bond motifs is 7. The van der Waals surface area contributed by atoms with Gasteiger partial charge < -0.3 is 0 Å². The van der Waals surface area contributed by atoms with Gasteiger partial charge in [0.05, 0.1) is 29.4 Å². The number of pyridine rings is 1. The lowest BCUT2D eigenvalue weighted by molar-refractivity contribution is -0.636. The Kier molecular flexibility index (Phi) is 1.27. The number of rotatable bonds is 0. The number of hydrogen-bond acceptors (Lipinski definition) is 2. The molecule has 1 aliphatic heterocycles. The molecule has 96 valence electrons. The van der Waals surface area contributed by atoms with Crippen LogP contribution in [0.1, 0.15) is 9.68 Å². The standard InChI is InChI=1S/C15H12N5/c1-18-14-11-8-16-5-3-10(11)9-20(14)12-7-13-17-4-2-6-19(13)15(12)18/h2-8H,9H2,1H3/q+1/i1D3. The topological polar surface area (TPSA) is 39.0 Å². The monoisotopic (exact) mass is 265 g/mol. The Morgan fingerprint density at radius 2 is 2.40 bits per heavy atom. The molecule has 0 aliphatic carbocycles. The van der Waals surface area contributed by atoms with Gasteiger partial charge in [-0.25, -0.2) is 18.5 Å². The first-order chi connectivity index (χ1) is 11.1. The van der Waals surface area contributed by atoms with Gasteiger partial charge in [0.15, 0.2) is 11.2 Å². The number of imidazole rings is 1. The van der Waals surface area contributed by atoms with Gasteiger partial charge in [-0.05, 0) is 12.1 Å². The first-order valence-electron chi connectivity index (χ1n) is 7.90. The summed E-state index contributed by atoms with van der Waals surface area (Å²) in [5, 5.41) is 0. The number of aromatic nitrogens is 5. The second-order valence-electron chi connectivity index (χ2n) is 4.98. The Bertz CT molecular complexity index is 1090. The van der Waals surface area contributed by atoms with Gasteiger partial charge >= 0.3 is 0 Å². The van der Waals surface area contributed by atoms with Gasteiger partial charge in [0.1, 0.15) is 0 Å². The molecule has 0 spiro atoms. The van der Waals surface area contributed by atoms with Crippen LogP contribution in [0.15, 0.2) is 43.0 Å². The van der Waals surface area contributed by atoms with Gasteiger partial charge in [-0.3, -0.25) is 4.98 Å². The molecule has 0 unspecified atom stereocenters. The summed E-state index contributed by atoms with van der Waals surface area (Å²) in [7, 11) is 0. The van der Waals surface area contributed by atoms with Crippen molar-refractivity contribution >= 4 is 16.8 Å². The first-order valence-corrected chi connectivity index (χ1v) is 6.40. The number of aryl methyl sites for hydroxylation is 1. The molecule has 5 heterocycles. The maximum absolute atomic E-state index is 8.02. The minimum atomic E-state index is -2.29. The molecule has 0 fully saturated rings. The van der Waals surface area contributed by atoms with Crippen molar-refractivity contribution in [1.82, 2.24) is 18.9 Å². The van der Waals surface area contributed by atoms with Crippen molar-refractivity contribution < 1.29 is 8.68 Å². The van der Waals surface area contributed by atoms with Crippen LogP contribution >= 0.6 is 0 Å². The highest BCUT2D eigenvalue weighted by atomic mass is 15.2. The molecule has 0 atom stereocenters. The molecule has 0 saturated heterocycles. The fourth-order valence-corrected chi connectivity index (χ4v) is 3.09. The zero-order valence-electron chi connectivity index (χ0n) is 13.5. The predicted molar refractivity (Wildman–Crippen MR) is 74.2 cm³/mol. The Morgan fingerprint density at radius 1 is 1.40 bits per heavy atom. The Hall–Kier alpha value is -2.69. The van der Waals surface area contributed by atoms with Gasteiger partial charge in [0.2, 0.25) is 5.82 Å². The fourth-order valence-electron chi connectivity index (χ4n) is 3.09. The van der Waals surface area contributed by atoms with E-state index in [0.29, 0.717) is 18.0 Å². The van der Waals surface area contributed by atoms with Gasteiger partial charge in [0.25, 0.3) is 5.65 Å². The van der Waals surface area contributed by atoms with Crippen LogP contribution in [-0.4, -0.2) is 18.9 Å². The van der Waals surface area contributed by atoms with E-state index in [1.54, 1.807) is 24.7 Å². The van der Waals surface area contributed by atoms with Crippen LogP contribution < -0.4 is 4.57 Å². The Morgan fingerprint density at radius 3 is 3.35 bits per heavy atom. The highest BCUT2D eigenvalue weighted by Gasteiger charge is 2.32. The van der Waals surface area contributed by atoms with E-state index in [2.05, 4.69) is 9.97 Å². The van der Waals surface area contributed by atoms with Crippen molar-refractivity contribution in [3.63, 3.8) is 0 Å². The smallest absolute Gasteiger partial charge is 0.264 e. The number of hydrogen-bond donors (Lipinski definition) is 0. The Labute approximate surface area is 119 Å². The van der Waals surface area contributed by atoms with Crippen LogP contribution in [0.3, 0.4) is 0 Å². The lowest BCUT2D eigenvalue weighted by Gasteiger charge is -1.96. The average molecular weight is 265 g/mol. The molecule has 0 aromatic carbocycles. The first kappa shape index (κ1) is 7.79. The summed E-state index contributed by atoms with van der Waals surface area (Å²) in [4.78, 5) is 8.49. The molecule has 0 amide bonds. The van der Waals surface area contributed by atoms with E-state index in [-0.39, 0.29) is 0 Å². The maximum Gasteiger partial charge on any atom is 0.274 e. The highest BCUT2D eigenvalue weighted by Crippen LogP contribution is 2.33. The average Bonchev–Trinajstić information content (AvgIpc) is 3.13. The predicted octanol–water partition coefficient (Wildman–Crippen LogP) is 1.54. The maximum atomic E-state index is 8.02. The SMILES string of the molecule is [2H]C([2H])([2H])[n+]1c2n(c3cc4ncccn4c31)Cc1ccncc1-2. The quantitative estimate of drug-likeness (QED) is 0.398. The van der Waals surface area contributed by atoms with E-state index in [1.807, 2.05) is 27.3 Å². The molecule has 0 N–H and O–H groups in total. The van der Waals surface area contributed by atoms with E-state index in [0.717, 1.165) is 22.3 Å². The van der Waals surface area contributed by atoms with Crippen molar-refractivity contribution in [2.75, 3.05) is 0 Å². The summed E-state index contributed by atoms with van der Waals surface area (Å²) in [6.07, 6.45) is 7.02. The lowest BCUT2D eigenvalue weighted by atomic mass is 10.2. The summed E-state index contributed by atoms with van der Waals surface area (Å²) >= 11 is 0. The summed E-state index contributed by atoms with van der Waals surface area (Å²) < 4.78 is 29.3. The third kappa shape index (κ3) is 1.02. The molecule has 4 aromatic heterocycles. The molecule has 4 aromatic rings. The zero-order valence-corrected chi connectivity index (χ0v) is 10.5. The molecule has 5 nitrogen and oxygen atoms in total. The van der Waals surface area contributed by atoms with Crippen LogP contribution in [0.4, 0.5) is 0 Å². The minimum Gasteiger partial charge on any atom is -0.264 e. The zero-order chi connectivity index (χ0) is 15.8. The molecule has 5 rings (SSSR count). The van der Waals surface area contributed by atoms with Gasteiger partial charge in [-0.15, -0.1) is 0 Å². The van der Waals surface area contributed by atoms with Crippen molar-refractivity contribution in [2.45, 2.75) is 6.54 Å². The van der Waals surface area contributed by atoms with Crippen LogP contribution in [0, 0.1) is 0 Å². The lowest BCUT2D eigenvalue weighted by Crippen LogP contribution is -2.30. The second-order valence-corrected chi connectivity index (χ2v) is 4.98. The Balaban J connectivity index is 2.01. The molecular formula is C15H12N5+. The van der Waals surface area contributed by atoms with Crippen LogP contribution in [0.2, 0.25) is 0 Å². The summed E-state index contributed by atoms with van der Waals surface area (Å²) in [6, 6.07) is 5.67. The molecular weight excluding hydrogens is 250 g/mol. The normalized spacial score (nSPS) is 15.9. The van der Waals surface area contributed by atoms with Crippen LogP contribution in [-0.2, 0) is 13.5 Å². The summed E-state index contributed by atoms with van der Waals surface area (Å²) in [5.41, 5.74) is 4.19. The summed E-state index contributed by atoms with van der Waals surface area (Å²) in [5.74, 6) is 0.677. The second kappa shape index (κ2) is 3.25. The van der Waals surface area contributed by atoms with E-state index < -0.39 is 6.98 Å². The fraction of sp³-hybridized carbons (Fsp3) is 0.133. The third-order valence-corrected chi connectivity index (χ3v) is 3.95. The van der Waals surface area contributed by atoms with E-state index >= 15 is 0 Å². The molecule has 0 saturated carbocycles. The van der Waals surface area contributed by atoms with Crippen molar-refractivity contribution in [3.05, 3.63) is 48.5 Å². The van der Waals surface area contributed by atoms with Crippen LogP contribution in [0.5, 0.6) is 0 Å². The van der Waals surface area contributed by atoms with Crippen LogP contribution in [0.25, 0.3) is 28.2 Å². The molecule has 0 radical (unpaired) electrons. The van der Waals surface area contributed by atoms with Crippen molar-refractivity contribution in [1.29, 1.82) is 0 Å². The number of nitrogens with zero attached hydrogens (tertiary/aromatic N) is 5. The summed E-state index contributed by atoms with van der Waals surface area (Å²) in [6.45, 7) is -1.65. The highest BCUT2D eigenvalue weighted by molar-refractivity contribution is 5.82. The van der Waals surface area contributed by atoms with Gasteiger partial charge in [0, 0.05) is 30.2 Å². The van der Waals surface area contributed by atoms with E-state index in [9.17, 15) is 0 Å².